The van der Waals surface area contributed by atoms with Gasteiger partial charge in [-0.1, -0.05) is 0 Å². The number of nitrogens with zero attached hydrogens (tertiary/aromatic N) is 2. The fourth-order valence-corrected chi connectivity index (χ4v) is 0.546. The van der Waals surface area contributed by atoms with Gasteiger partial charge in [-0.3, -0.25) is 0 Å². The van der Waals surface area contributed by atoms with Gasteiger partial charge >= 0.3 is 0 Å². The first-order valence-corrected chi connectivity index (χ1v) is 2.41. The van der Waals surface area contributed by atoms with Crippen LogP contribution < -0.4 is 0 Å². The normalized spacial score (nSPS) is 19.3. The van der Waals surface area contributed by atoms with Gasteiger partial charge in [0.25, 0.3) is 0 Å². The number of hydrogen-bond acceptors (Lipinski definition) is 1. The fraction of sp³-hybridized carbons (Fsp3) is 0.600. The summed E-state index contributed by atoms with van der Waals surface area (Å²) in [6, 6.07) is 0. The Bertz CT molecular complexity index is 113. The van der Waals surface area contributed by atoms with Gasteiger partial charge in [0.05, 0.1) is 6.42 Å². The molecule has 0 fully saturated rings. The van der Waals surface area contributed by atoms with Crippen LogP contribution in [0.5, 0.6) is 0 Å². The van der Waals surface area contributed by atoms with Crippen molar-refractivity contribution in [3.05, 3.63) is 0 Å². The summed E-state index contributed by atoms with van der Waals surface area (Å²) in [6.45, 7) is 0.833. The molecule has 1 aliphatic rings. The van der Waals surface area contributed by atoms with E-state index < -0.39 is 0 Å². The summed E-state index contributed by atoms with van der Waals surface area (Å²) in [5.74, 6) is 0. The molecule has 0 unspecified atom stereocenters. The maximum absolute atomic E-state index is 4.03. The molecule has 2 nitrogen and oxygen atoms in total. The van der Waals surface area contributed by atoms with Crippen LogP contribution in [0.2, 0.25) is 0 Å². The van der Waals surface area contributed by atoms with E-state index in [4.69, 9.17) is 0 Å². The van der Waals surface area contributed by atoms with Crippen molar-refractivity contribution in [2.75, 3.05) is 13.7 Å². The molecule has 0 aromatic heterocycles. The summed E-state index contributed by atoms with van der Waals surface area (Å²) in [4.78, 5) is 4.03. The SMILES string of the molecule is C[N+]1=CCC=NC1. The van der Waals surface area contributed by atoms with Crippen LogP contribution >= 0.6 is 0 Å². The van der Waals surface area contributed by atoms with Crippen LogP contribution in [0.1, 0.15) is 6.42 Å². The summed E-state index contributed by atoms with van der Waals surface area (Å²) in [6.07, 6.45) is 5.05. The number of aliphatic imine (C=N–C) groups is 1. The zero-order chi connectivity index (χ0) is 5.11. The first-order chi connectivity index (χ1) is 3.39. The maximum Gasteiger partial charge on any atom is 0.234 e. The Morgan fingerprint density at radius 2 is 2.57 bits per heavy atom. The van der Waals surface area contributed by atoms with E-state index >= 15 is 0 Å². The Kier molecular flexibility index (Phi) is 1.20. The lowest BCUT2D eigenvalue weighted by Gasteiger charge is -1.93. The third kappa shape index (κ3) is 1.11. The van der Waals surface area contributed by atoms with Crippen LogP contribution in [0.3, 0.4) is 0 Å². The molecule has 0 saturated carbocycles. The standard InChI is InChI=1S/C5H9N2/c1-7-4-2-3-6-5-7/h3-4H,2,5H2,1H3/q+1. The minimum absolute atomic E-state index is 0.833. The highest BCUT2D eigenvalue weighted by Crippen LogP contribution is 1.78. The van der Waals surface area contributed by atoms with Crippen molar-refractivity contribution in [2.45, 2.75) is 6.42 Å². The Hall–Kier alpha value is -0.660. The minimum atomic E-state index is 0.833. The van der Waals surface area contributed by atoms with Crippen molar-refractivity contribution in [3.63, 3.8) is 0 Å². The van der Waals surface area contributed by atoms with E-state index in [0.29, 0.717) is 0 Å². The molecular weight excluding hydrogens is 88.1 g/mol. The summed E-state index contributed by atoms with van der Waals surface area (Å²) in [7, 11) is 2.02. The van der Waals surface area contributed by atoms with Gasteiger partial charge in [-0.15, -0.1) is 0 Å². The second-order valence-electron chi connectivity index (χ2n) is 1.68. The van der Waals surface area contributed by atoms with Crippen LogP contribution in [-0.4, -0.2) is 30.7 Å². The highest BCUT2D eigenvalue weighted by atomic mass is 15.1. The average molecular weight is 97.1 g/mol. The first kappa shape index (κ1) is 4.50. The van der Waals surface area contributed by atoms with Gasteiger partial charge in [-0.05, 0) is 0 Å². The van der Waals surface area contributed by atoms with E-state index in [1.807, 2.05) is 13.3 Å². The van der Waals surface area contributed by atoms with Crippen LogP contribution in [0, 0.1) is 0 Å². The Morgan fingerprint density at radius 3 is 2.86 bits per heavy atom. The maximum atomic E-state index is 4.03. The van der Waals surface area contributed by atoms with Crippen molar-refractivity contribution >= 4 is 12.4 Å². The molecule has 0 atom stereocenters. The Balaban J connectivity index is 2.50. The largest absolute Gasteiger partial charge is 0.234 e. The van der Waals surface area contributed by atoms with Gasteiger partial charge in [0.1, 0.15) is 13.3 Å². The van der Waals surface area contributed by atoms with Crippen LogP contribution in [-0.2, 0) is 0 Å². The average Bonchev–Trinajstić information content (AvgIpc) is 1.69. The molecule has 0 amide bonds. The molecule has 0 aromatic rings. The van der Waals surface area contributed by atoms with Gasteiger partial charge in [0.15, 0.2) is 0 Å². The molecule has 0 saturated heterocycles. The lowest BCUT2D eigenvalue weighted by atomic mass is 10.5. The molecule has 38 valence electrons. The van der Waals surface area contributed by atoms with Gasteiger partial charge in [0, 0.05) is 6.21 Å². The lowest BCUT2D eigenvalue weighted by Crippen LogP contribution is -2.11. The molecule has 1 heterocycles. The van der Waals surface area contributed by atoms with Crippen LogP contribution in [0.4, 0.5) is 0 Å². The summed E-state index contributed by atoms with van der Waals surface area (Å²) in [5.41, 5.74) is 0. The predicted molar refractivity (Wildman–Crippen MR) is 30.2 cm³/mol. The summed E-state index contributed by atoms with van der Waals surface area (Å²) >= 11 is 0. The van der Waals surface area contributed by atoms with E-state index in [9.17, 15) is 0 Å². The fourth-order valence-electron chi connectivity index (χ4n) is 0.546. The third-order valence-corrected chi connectivity index (χ3v) is 0.956. The summed E-state index contributed by atoms with van der Waals surface area (Å²) < 4.78 is 2.07. The molecular formula is C5H9N2+. The molecule has 0 aliphatic carbocycles. The van der Waals surface area contributed by atoms with Gasteiger partial charge in [-0.25, -0.2) is 9.57 Å². The van der Waals surface area contributed by atoms with Crippen molar-refractivity contribution in [2.24, 2.45) is 4.99 Å². The second kappa shape index (κ2) is 1.87. The van der Waals surface area contributed by atoms with E-state index in [2.05, 4.69) is 15.8 Å². The molecule has 2 heteroatoms. The first-order valence-electron chi connectivity index (χ1n) is 2.41. The van der Waals surface area contributed by atoms with Gasteiger partial charge in [-0.2, -0.15) is 0 Å². The van der Waals surface area contributed by atoms with Crippen molar-refractivity contribution in [3.8, 4) is 0 Å². The number of rotatable bonds is 0. The molecule has 0 radical (unpaired) electrons. The zero-order valence-corrected chi connectivity index (χ0v) is 4.46. The zero-order valence-electron chi connectivity index (χ0n) is 4.46. The highest BCUT2D eigenvalue weighted by molar-refractivity contribution is 5.77. The van der Waals surface area contributed by atoms with E-state index in [-0.39, 0.29) is 0 Å². The molecule has 1 rings (SSSR count). The van der Waals surface area contributed by atoms with Crippen LogP contribution in [0.15, 0.2) is 4.99 Å². The van der Waals surface area contributed by atoms with E-state index in [1.165, 1.54) is 0 Å². The van der Waals surface area contributed by atoms with Gasteiger partial charge < -0.3 is 0 Å². The second-order valence-corrected chi connectivity index (χ2v) is 1.68. The monoisotopic (exact) mass is 97.1 g/mol. The Morgan fingerprint density at radius 1 is 1.71 bits per heavy atom. The third-order valence-electron chi connectivity index (χ3n) is 0.956. The van der Waals surface area contributed by atoms with Crippen molar-refractivity contribution in [1.29, 1.82) is 0 Å². The molecule has 0 bridgehead atoms. The predicted octanol–water partition coefficient (Wildman–Crippen LogP) is 0.131. The molecule has 1 aliphatic heterocycles. The summed E-state index contributed by atoms with van der Waals surface area (Å²) in [5, 5.41) is 0. The van der Waals surface area contributed by atoms with E-state index in [1.54, 1.807) is 0 Å². The van der Waals surface area contributed by atoms with Crippen LogP contribution in [0.25, 0.3) is 0 Å². The van der Waals surface area contributed by atoms with Crippen molar-refractivity contribution in [1.82, 2.24) is 0 Å². The Labute approximate surface area is 43.2 Å². The molecule has 7 heavy (non-hydrogen) atoms. The molecule has 0 spiro atoms. The quantitative estimate of drug-likeness (QED) is 0.382. The lowest BCUT2D eigenvalue weighted by molar-refractivity contribution is -0.492. The van der Waals surface area contributed by atoms with Crippen molar-refractivity contribution < 1.29 is 4.58 Å². The molecule has 0 N–H and O–H groups in total. The molecule has 0 aromatic carbocycles. The van der Waals surface area contributed by atoms with Gasteiger partial charge in [0.2, 0.25) is 6.67 Å². The smallest absolute Gasteiger partial charge is 0.232 e. The van der Waals surface area contributed by atoms with E-state index in [0.717, 1.165) is 13.1 Å². The minimum Gasteiger partial charge on any atom is -0.232 e. The highest BCUT2D eigenvalue weighted by Gasteiger charge is 1.93. The number of hydrogen-bond donors (Lipinski definition) is 0. The topological polar surface area (TPSA) is 15.4 Å².